The Morgan fingerprint density at radius 1 is 1.26 bits per heavy atom. The highest BCUT2D eigenvalue weighted by Crippen LogP contribution is 2.34. The highest BCUT2D eigenvalue weighted by molar-refractivity contribution is 5.66. The Bertz CT molecular complexity index is 655. The third-order valence-corrected chi connectivity index (χ3v) is 3.01. The van der Waals surface area contributed by atoms with Crippen molar-refractivity contribution in [3.8, 4) is 28.8 Å². The summed E-state index contributed by atoms with van der Waals surface area (Å²) in [5.41, 5.74) is 2.55. The van der Waals surface area contributed by atoms with Crippen molar-refractivity contribution >= 4 is 0 Å². The van der Waals surface area contributed by atoms with E-state index in [1.807, 2.05) is 31.2 Å². The predicted octanol–water partition coefficient (Wildman–Crippen LogP) is 2.42. The first-order chi connectivity index (χ1) is 9.28. The zero-order chi connectivity index (χ0) is 13.2. The lowest BCUT2D eigenvalue weighted by Crippen LogP contribution is -1.97. The summed E-state index contributed by atoms with van der Waals surface area (Å²) in [7, 11) is 0. The molecule has 0 aliphatic carbocycles. The van der Waals surface area contributed by atoms with Crippen molar-refractivity contribution in [1.82, 2.24) is 9.97 Å². The molecule has 1 aliphatic heterocycles. The Morgan fingerprint density at radius 3 is 2.79 bits per heavy atom. The van der Waals surface area contributed by atoms with Gasteiger partial charge < -0.3 is 14.5 Å². The van der Waals surface area contributed by atoms with Crippen molar-refractivity contribution in [3.63, 3.8) is 0 Å². The second-order valence-electron chi connectivity index (χ2n) is 4.38. The molecule has 0 saturated carbocycles. The van der Waals surface area contributed by atoms with Crippen LogP contribution in [0.3, 0.4) is 0 Å². The summed E-state index contributed by atoms with van der Waals surface area (Å²) in [6.07, 6.45) is 0.879. The van der Waals surface area contributed by atoms with Crippen molar-refractivity contribution in [2.45, 2.75) is 13.3 Å². The van der Waals surface area contributed by atoms with E-state index in [1.165, 1.54) is 0 Å². The Balaban J connectivity index is 2.04. The molecule has 3 rings (SSSR count). The van der Waals surface area contributed by atoms with Crippen LogP contribution >= 0.6 is 0 Å². The Hall–Kier alpha value is -2.48. The zero-order valence-corrected chi connectivity index (χ0v) is 10.6. The third-order valence-electron chi connectivity index (χ3n) is 3.01. The van der Waals surface area contributed by atoms with Gasteiger partial charge in [0.15, 0.2) is 11.5 Å². The standard InChI is InChI=1S/C14H13N3O2/c1-9-14(17-13(8-15)16-9)10-3-4-11-12(7-10)19-6-2-5-18-11/h3-4,7H,2,5-6H2,1H3,(H,16,17). The first kappa shape index (κ1) is 11.6. The maximum Gasteiger partial charge on any atom is 0.210 e. The number of rotatable bonds is 1. The van der Waals surface area contributed by atoms with Crippen LogP contribution in [0.25, 0.3) is 11.3 Å². The quantitative estimate of drug-likeness (QED) is 0.849. The number of aromatic nitrogens is 2. The number of nitrogens with zero attached hydrogens (tertiary/aromatic N) is 2. The average molecular weight is 255 g/mol. The monoisotopic (exact) mass is 255 g/mol. The smallest absolute Gasteiger partial charge is 0.210 e. The molecule has 0 amide bonds. The molecule has 0 atom stereocenters. The van der Waals surface area contributed by atoms with Crippen LogP contribution in [0, 0.1) is 18.3 Å². The molecule has 1 N–H and O–H groups in total. The lowest BCUT2D eigenvalue weighted by molar-refractivity contribution is 0.297. The van der Waals surface area contributed by atoms with Crippen molar-refractivity contribution in [2.24, 2.45) is 0 Å². The molecule has 19 heavy (non-hydrogen) atoms. The van der Waals surface area contributed by atoms with Crippen LogP contribution in [0.5, 0.6) is 11.5 Å². The molecule has 2 aromatic rings. The second-order valence-corrected chi connectivity index (χ2v) is 4.38. The summed E-state index contributed by atoms with van der Waals surface area (Å²) >= 11 is 0. The van der Waals surface area contributed by atoms with Gasteiger partial charge in [-0.25, -0.2) is 4.98 Å². The summed E-state index contributed by atoms with van der Waals surface area (Å²) in [5, 5.41) is 8.86. The number of imidazole rings is 1. The maximum atomic E-state index is 8.86. The van der Waals surface area contributed by atoms with E-state index in [1.54, 1.807) is 0 Å². The third kappa shape index (κ3) is 2.13. The molecule has 1 aromatic heterocycles. The van der Waals surface area contributed by atoms with Gasteiger partial charge in [-0.3, -0.25) is 0 Å². The summed E-state index contributed by atoms with van der Waals surface area (Å²) < 4.78 is 11.2. The highest BCUT2D eigenvalue weighted by Gasteiger charge is 2.14. The number of ether oxygens (including phenoxy) is 2. The zero-order valence-electron chi connectivity index (χ0n) is 10.6. The van der Waals surface area contributed by atoms with E-state index < -0.39 is 0 Å². The van der Waals surface area contributed by atoms with E-state index in [0.29, 0.717) is 19.0 Å². The van der Waals surface area contributed by atoms with Crippen LogP contribution in [0.1, 0.15) is 17.9 Å². The lowest BCUT2D eigenvalue weighted by Gasteiger charge is -2.08. The van der Waals surface area contributed by atoms with E-state index in [2.05, 4.69) is 9.97 Å². The molecular formula is C14H13N3O2. The lowest BCUT2D eigenvalue weighted by atomic mass is 10.1. The molecule has 0 bridgehead atoms. The first-order valence-corrected chi connectivity index (χ1v) is 6.14. The Morgan fingerprint density at radius 2 is 2.05 bits per heavy atom. The highest BCUT2D eigenvalue weighted by atomic mass is 16.5. The Labute approximate surface area is 110 Å². The summed E-state index contributed by atoms with van der Waals surface area (Å²) in [5.74, 6) is 1.81. The minimum atomic E-state index is 0.319. The van der Waals surface area contributed by atoms with Crippen molar-refractivity contribution in [3.05, 3.63) is 29.7 Å². The largest absolute Gasteiger partial charge is 0.490 e. The average Bonchev–Trinajstić information content (AvgIpc) is 2.66. The number of fused-ring (bicyclic) bond motifs is 1. The van der Waals surface area contributed by atoms with Crippen molar-refractivity contribution in [1.29, 1.82) is 5.26 Å². The fourth-order valence-corrected chi connectivity index (χ4v) is 2.11. The number of nitrogens with one attached hydrogen (secondary N) is 1. The van der Waals surface area contributed by atoms with Gasteiger partial charge in [0, 0.05) is 17.7 Å². The van der Waals surface area contributed by atoms with Gasteiger partial charge in [0.25, 0.3) is 0 Å². The minimum Gasteiger partial charge on any atom is -0.490 e. The molecule has 0 fully saturated rings. The summed E-state index contributed by atoms with van der Waals surface area (Å²) in [6.45, 7) is 3.22. The SMILES string of the molecule is Cc1[nH]c(C#N)nc1-c1ccc2c(c1)OCCCO2. The fourth-order valence-electron chi connectivity index (χ4n) is 2.11. The number of hydrogen-bond acceptors (Lipinski definition) is 4. The number of hydrogen-bond donors (Lipinski definition) is 1. The molecule has 5 nitrogen and oxygen atoms in total. The Kier molecular flexibility index (Phi) is 2.84. The fraction of sp³-hybridized carbons (Fsp3) is 0.286. The van der Waals surface area contributed by atoms with Gasteiger partial charge in [0.2, 0.25) is 5.82 Å². The molecule has 2 heterocycles. The molecule has 1 aromatic carbocycles. The summed E-state index contributed by atoms with van der Waals surface area (Å²) in [4.78, 5) is 7.20. The normalized spacial score (nSPS) is 13.7. The van der Waals surface area contributed by atoms with Crippen LogP contribution < -0.4 is 9.47 Å². The second kappa shape index (κ2) is 4.65. The van der Waals surface area contributed by atoms with Crippen molar-refractivity contribution in [2.75, 3.05) is 13.2 Å². The van der Waals surface area contributed by atoms with Gasteiger partial charge in [0.1, 0.15) is 6.07 Å². The van der Waals surface area contributed by atoms with Crippen LogP contribution in [-0.4, -0.2) is 23.2 Å². The first-order valence-electron chi connectivity index (χ1n) is 6.14. The number of H-pyrrole nitrogens is 1. The van der Waals surface area contributed by atoms with E-state index in [9.17, 15) is 0 Å². The molecule has 0 spiro atoms. The topological polar surface area (TPSA) is 70.9 Å². The molecular weight excluding hydrogens is 242 g/mol. The minimum absolute atomic E-state index is 0.319. The maximum absolute atomic E-state index is 8.86. The van der Waals surface area contributed by atoms with E-state index in [0.717, 1.165) is 34.9 Å². The molecule has 1 aliphatic rings. The van der Waals surface area contributed by atoms with E-state index in [4.69, 9.17) is 14.7 Å². The molecule has 0 saturated heterocycles. The van der Waals surface area contributed by atoms with Crippen molar-refractivity contribution < 1.29 is 9.47 Å². The van der Waals surface area contributed by atoms with Gasteiger partial charge in [-0.05, 0) is 25.1 Å². The van der Waals surface area contributed by atoms with Gasteiger partial charge in [-0.1, -0.05) is 0 Å². The molecule has 0 unspecified atom stereocenters. The molecule has 0 radical (unpaired) electrons. The predicted molar refractivity (Wildman–Crippen MR) is 69.1 cm³/mol. The molecule has 5 heteroatoms. The van der Waals surface area contributed by atoms with E-state index in [-0.39, 0.29) is 0 Å². The van der Waals surface area contributed by atoms with Crippen LogP contribution in [0.4, 0.5) is 0 Å². The number of aromatic amines is 1. The summed E-state index contributed by atoms with van der Waals surface area (Å²) in [6, 6.07) is 7.73. The number of nitriles is 1. The van der Waals surface area contributed by atoms with Crippen LogP contribution in [0.15, 0.2) is 18.2 Å². The molecule has 96 valence electrons. The van der Waals surface area contributed by atoms with E-state index >= 15 is 0 Å². The van der Waals surface area contributed by atoms with Gasteiger partial charge >= 0.3 is 0 Å². The van der Waals surface area contributed by atoms with Gasteiger partial charge in [-0.2, -0.15) is 5.26 Å². The van der Waals surface area contributed by atoms with Crippen LogP contribution in [0.2, 0.25) is 0 Å². The van der Waals surface area contributed by atoms with Crippen LogP contribution in [-0.2, 0) is 0 Å². The number of benzene rings is 1. The van der Waals surface area contributed by atoms with Gasteiger partial charge in [-0.15, -0.1) is 0 Å². The van der Waals surface area contributed by atoms with Gasteiger partial charge in [0.05, 0.1) is 18.9 Å². The number of aryl methyl sites for hydroxylation is 1.